The van der Waals surface area contributed by atoms with E-state index < -0.39 is 18.2 Å². The number of benzene rings is 2. The van der Waals surface area contributed by atoms with E-state index in [1.165, 1.54) is 11.5 Å². The minimum absolute atomic E-state index is 0.0365. The Balaban J connectivity index is 1.48. The maximum atomic E-state index is 12.5. The molecule has 0 saturated heterocycles. The van der Waals surface area contributed by atoms with Gasteiger partial charge < -0.3 is 14.3 Å². The fourth-order valence-electron chi connectivity index (χ4n) is 3.13. The molecule has 0 aliphatic rings. The third-order valence-electron chi connectivity index (χ3n) is 4.81. The molecule has 2 heterocycles. The van der Waals surface area contributed by atoms with Crippen LogP contribution in [0.3, 0.4) is 0 Å². The molecule has 168 valence electrons. The lowest BCUT2D eigenvalue weighted by Gasteiger charge is -2.14. The average molecular weight is 465 g/mol. The Kier molecular flexibility index (Phi) is 6.45. The first-order valence-corrected chi connectivity index (χ1v) is 10.8. The molecule has 0 bridgehead atoms. The van der Waals surface area contributed by atoms with E-state index in [4.69, 9.17) is 14.3 Å². The van der Waals surface area contributed by atoms with Crippen LogP contribution in [-0.4, -0.2) is 31.7 Å². The van der Waals surface area contributed by atoms with Crippen molar-refractivity contribution in [3.8, 4) is 21.9 Å². The third kappa shape index (κ3) is 5.24. The third-order valence-corrected chi connectivity index (χ3v) is 5.79. The zero-order valence-electron chi connectivity index (χ0n) is 17.8. The number of hydrogen-bond donors (Lipinski definition) is 2. The molecule has 0 fully saturated rings. The standard InChI is InChI=1S/C23H20N4O5S/c1-13-20(24-23(30)31-14(2)15-6-4-3-5-7-15)21(33-27-13)16-8-10-17(11-9-16)22-26-25-18(32-22)12-19(28)29/h3-11,14H,12H2,1-2H3,(H,24,30)(H,28,29)/t14-/m1/s1. The highest BCUT2D eigenvalue weighted by atomic mass is 32.1. The summed E-state index contributed by atoms with van der Waals surface area (Å²) in [6.07, 6.45) is -1.30. The van der Waals surface area contributed by atoms with Crippen molar-refractivity contribution in [2.75, 3.05) is 5.32 Å². The molecule has 9 nitrogen and oxygen atoms in total. The van der Waals surface area contributed by atoms with Gasteiger partial charge in [-0.05, 0) is 48.6 Å². The van der Waals surface area contributed by atoms with Crippen molar-refractivity contribution < 1.29 is 23.8 Å². The van der Waals surface area contributed by atoms with Crippen molar-refractivity contribution in [3.05, 3.63) is 71.7 Å². The van der Waals surface area contributed by atoms with E-state index >= 15 is 0 Å². The predicted molar refractivity (Wildman–Crippen MR) is 122 cm³/mol. The van der Waals surface area contributed by atoms with Gasteiger partial charge in [0.1, 0.15) is 12.5 Å². The molecular weight excluding hydrogens is 444 g/mol. The number of ether oxygens (including phenoxy) is 1. The number of carboxylic acid groups (broad SMARTS) is 1. The largest absolute Gasteiger partial charge is 0.481 e. The average Bonchev–Trinajstić information content (AvgIpc) is 3.41. The van der Waals surface area contributed by atoms with Gasteiger partial charge in [0.2, 0.25) is 11.8 Å². The van der Waals surface area contributed by atoms with Crippen LogP contribution in [0.4, 0.5) is 10.5 Å². The molecule has 2 N–H and O–H groups in total. The van der Waals surface area contributed by atoms with Gasteiger partial charge in [-0.3, -0.25) is 10.1 Å². The van der Waals surface area contributed by atoms with Crippen molar-refractivity contribution in [3.63, 3.8) is 0 Å². The molecule has 0 radical (unpaired) electrons. The first-order valence-electron chi connectivity index (χ1n) is 10.0. The summed E-state index contributed by atoms with van der Waals surface area (Å²) >= 11 is 1.26. The van der Waals surface area contributed by atoms with Crippen LogP contribution < -0.4 is 5.32 Å². The molecule has 2 aromatic heterocycles. The number of nitrogens with one attached hydrogen (secondary N) is 1. The molecule has 4 rings (SSSR count). The number of carbonyl (C=O) groups excluding carboxylic acids is 1. The molecule has 0 saturated carbocycles. The molecule has 10 heteroatoms. The maximum absolute atomic E-state index is 12.5. The monoisotopic (exact) mass is 464 g/mol. The number of aryl methyl sites for hydroxylation is 1. The fourth-order valence-corrected chi connectivity index (χ4v) is 3.98. The maximum Gasteiger partial charge on any atom is 0.412 e. The van der Waals surface area contributed by atoms with E-state index in [-0.39, 0.29) is 18.2 Å². The van der Waals surface area contributed by atoms with E-state index in [0.717, 1.165) is 16.0 Å². The van der Waals surface area contributed by atoms with E-state index in [1.54, 1.807) is 12.1 Å². The van der Waals surface area contributed by atoms with Gasteiger partial charge in [-0.15, -0.1) is 10.2 Å². The van der Waals surface area contributed by atoms with E-state index in [2.05, 4.69) is 19.9 Å². The minimum Gasteiger partial charge on any atom is -0.481 e. The van der Waals surface area contributed by atoms with Crippen molar-refractivity contribution in [1.82, 2.24) is 14.6 Å². The Hall–Kier alpha value is -4.05. The van der Waals surface area contributed by atoms with Gasteiger partial charge in [-0.1, -0.05) is 42.5 Å². The molecule has 1 amide bonds. The van der Waals surface area contributed by atoms with Crippen molar-refractivity contribution in [1.29, 1.82) is 0 Å². The number of aliphatic carboxylic acids is 1. The smallest absolute Gasteiger partial charge is 0.412 e. The van der Waals surface area contributed by atoms with Gasteiger partial charge in [0.05, 0.1) is 16.3 Å². The molecular formula is C23H20N4O5S. The second-order valence-corrected chi connectivity index (χ2v) is 7.98. The van der Waals surface area contributed by atoms with E-state index in [9.17, 15) is 9.59 Å². The van der Waals surface area contributed by atoms with Crippen LogP contribution in [0, 0.1) is 6.92 Å². The van der Waals surface area contributed by atoms with E-state index in [0.29, 0.717) is 16.9 Å². The summed E-state index contributed by atoms with van der Waals surface area (Å²) in [5, 5.41) is 19.3. The number of hydrogen-bond acceptors (Lipinski definition) is 8. The molecule has 0 spiro atoms. The zero-order chi connectivity index (χ0) is 23.4. The van der Waals surface area contributed by atoms with Crippen molar-refractivity contribution in [2.24, 2.45) is 0 Å². The highest BCUT2D eigenvalue weighted by Gasteiger charge is 2.19. The second-order valence-electron chi connectivity index (χ2n) is 7.20. The van der Waals surface area contributed by atoms with Crippen LogP contribution in [0.25, 0.3) is 21.9 Å². The van der Waals surface area contributed by atoms with Gasteiger partial charge in [-0.2, -0.15) is 4.37 Å². The molecule has 4 aromatic rings. The lowest BCUT2D eigenvalue weighted by atomic mass is 10.1. The van der Waals surface area contributed by atoms with Crippen LogP contribution in [0.2, 0.25) is 0 Å². The van der Waals surface area contributed by atoms with E-state index in [1.807, 2.05) is 56.3 Å². The van der Waals surface area contributed by atoms with Crippen LogP contribution >= 0.6 is 11.5 Å². The van der Waals surface area contributed by atoms with Crippen molar-refractivity contribution >= 4 is 29.3 Å². The first-order chi connectivity index (χ1) is 15.9. The molecule has 0 aliphatic heterocycles. The SMILES string of the molecule is Cc1nsc(-c2ccc(-c3nnc(CC(=O)O)o3)cc2)c1NC(=O)O[C@H](C)c1ccccc1. The summed E-state index contributed by atoms with van der Waals surface area (Å²) in [4.78, 5) is 24.1. The normalized spacial score (nSPS) is 11.7. The predicted octanol–water partition coefficient (Wildman–Crippen LogP) is 5.11. The topological polar surface area (TPSA) is 127 Å². The van der Waals surface area contributed by atoms with Gasteiger partial charge in [0.15, 0.2) is 0 Å². The summed E-state index contributed by atoms with van der Waals surface area (Å²) in [6, 6.07) is 16.7. The van der Waals surface area contributed by atoms with Crippen LogP contribution in [-0.2, 0) is 16.0 Å². The number of carboxylic acids is 1. The number of aromatic nitrogens is 3. The summed E-state index contributed by atoms with van der Waals surface area (Å²) in [7, 11) is 0. The Morgan fingerprint density at radius 1 is 1.09 bits per heavy atom. The first kappa shape index (κ1) is 22.2. The number of carbonyl (C=O) groups is 2. The molecule has 0 unspecified atom stereocenters. The number of anilines is 1. The van der Waals surface area contributed by atoms with Gasteiger partial charge in [-0.25, -0.2) is 4.79 Å². The second kappa shape index (κ2) is 9.61. The van der Waals surface area contributed by atoms with Gasteiger partial charge in [0, 0.05) is 5.56 Å². The summed E-state index contributed by atoms with van der Waals surface area (Å²) < 4.78 is 15.3. The quantitative estimate of drug-likeness (QED) is 0.386. The lowest BCUT2D eigenvalue weighted by molar-refractivity contribution is -0.136. The fraction of sp³-hybridized carbons (Fsp3) is 0.174. The molecule has 1 atom stereocenters. The molecule has 0 aliphatic carbocycles. The summed E-state index contributed by atoms with van der Waals surface area (Å²) in [5.41, 5.74) is 3.64. The highest BCUT2D eigenvalue weighted by Crippen LogP contribution is 2.36. The highest BCUT2D eigenvalue weighted by molar-refractivity contribution is 7.10. The zero-order valence-corrected chi connectivity index (χ0v) is 18.6. The van der Waals surface area contributed by atoms with Crippen LogP contribution in [0.5, 0.6) is 0 Å². The number of amides is 1. The minimum atomic E-state index is -1.04. The Morgan fingerprint density at radius 3 is 2.48 bits per heavy atom. The molecule has 33 heavy (non-hydrogen) atoms. The van der Waals surface area contributed by atoms with Gasteiger partial charge in [0.25, 0.3) is 0 Å². The van der Waals surface area contributed by atoms with Crippen LogP contribution in [0.1, 0.15) is 30.2 Å². The summed E-state index contributed by atoms with van der Waals surface area (Å²) in [5.74, 6) is -0.776. The number of rotatable bonds is 7. The number of nitrogens with zero attached hydrogens (tertiary/aromatic N) is 3. The van der Waals surface area contributed by atoms with Crippen LogP contribution in [0.15, 0.2) is 59.0 Å². The Morgan fingerprint density at radius 2 is 1.79 bits per heavy atom. The van der Waals surface area contributed by atoms with Gasteiger partial charge >= 0.3 is 12.1 Å². The molecule has 2 aromatic carbocycles. The Labute approximate surface area is 193 Å². The Bertz CT molecular complexity index is 1270. The lowest BCUT2D eigenvalue weighted by Crippen LogP contribution is -2.16. The summed E-state index contributed by atoms with van der Waals surface area (Å²) in [6.45, 7) is 3.62. The van der Waals surface area contributed by atoms with Crippen molar-refractivity contribution in [2.45, 2.75) is 26.4 Å².